The van der Waals surface area contributed by atoms with Crippen LogP contribution in [-0.4, -0.2) is 57.9 Å². The van der Waals surface area contributed by atoms with Crippen molar-refractivity contribution in [3.05, 3.63) is 60.3 Å². The number of rotatable bonds is 5. The second-order valence-electron chi connectivity index (χ2n) is 8.06. The van der Waals surface area contributed by atoms with Crippen LogP contribution in [0.4, 0.5) is 0 Å². The van der Waals surface area contributed by atoms with Gasteiger partial charge in [0.25, 0.3) is 0 Å². The molecule has 2 fully saturated rings. The molecule has 2 atom stereocenters. The Balaban J connectivity index is 1.25. The fraction of sp³-hybridized carbons (Fsp3) is 0.304. The van der Waals surface area contributed by atoms with Crippen molar-refractivity contribution in [2.24, 2.45) is 5.16 Å². The number of hydrogen-bond acceptors (Lipinski definition) is 7. The van der Waals surface area contributed by atoms with Gasteiger partial charge in [-0.2, -0.15) is 0 Å². The van der Waals surface area contributed by atoms with E-state index in [9.17, 15) is 5.21 Å². The van der Waals surface area contributed by atoms with Gasteiger partial charge in [0.15, 0.2) is 5.76 Å². The molecule has 2 unspecified atom stereocenters. The molecule has 158 valence electrons. The molecule has 2 aliphatic rings. The number of ether oxygens (including phenoxy) is 2. The highest BCUT2D eigenvalue weighted by molar-refractivity contribution is 5.80. The fourth-order valence-corrected chi connectivity index (χ4v) is 4.55. The summed E-state index contributed by atoms with van der Waals surface area (Å²) in [4.78, 5) is 6.88. The van der Waals surface area contributed by atoms with E-state index in [4.69, 9.17) is 13.9 Å². The van der Waals surface area contributed by atoms with Gasteiger partial charge in [0.05, 0.1) is 24.4 Å². The second-order valence-corrected chi connectivity index (χ2v) is 8.06. The molecule has 31 heavy (non-hydrogen) atoms. The Bertz CT molecular complexity index is 1330. The van der Waals surface area contributed by atoms with Gasteiger partial charge < -0.3 is 23.5 Å². The van der Waals surface area contributed by atoms with E-state index < -0.39 is 0 Å². The molecule has 1 N–H and O–H groups in total. The quantitative estimate of drug-likeness (QED) is 0.396. The molecule has 0 saturated carbocycles. The van der Waals surface area contributed by atoms with E-state index in [1.165, 1.54) is 0 Å². The van der Waals surface area contributed by atoms with Crippen LogP contribution in [0.25, 0.3) is 27.9 Å². The first-order chi connectivity index (χ1) is 15.3. The summed E-state index contributed by atoms with van der Waals surface area (Å²) in [6, 6.07) is 13.7. The maximum atomic E-state index is 9.62. The Morgan fingerprint density at radius 1 is 1.23 bits per heavy atom. The number of nitrogens with zero attached hydrogens (tertiary/aromatic N) is 4. The van der Waals surface area contributed by atoms with Crippen molar-refractivity contribution in [3.63, 3.8) is 0 Å². The maximum absolute atomic E-state index is 9.62. The van der Waals surface area contributed by atoms with Crippen LogP contribution in [-0.2, 0) is 4.74 Å². The molecule has 0 amide bonds. The Kier molecular flexibility index (Phi) is 4.40. The van der Waals surface area contributed by atoms with Crippen molar-refractivity contribution >= 4 is 16.5 Å². The number of aromatic nitrogens is 2. The van der Waals surface area contributed by atoms with Gasteiger partial charge in [-0.15, -0.1) is 0 Å². The van der Waals surface area contributed by atoms with E-state index in [-0.39, 0.29) is 0 Å². The van der Waals surface area contributed by atoms with Crippen molar-refractivity contribution in [1.29, 1.82) is 0 Å². The highest BCUT2D eigenvalue weighted by atomic mass is 16.5. The van der Waals surface area contributed by atoms with Gasteiger partial charge >= 0.3 is 0 Å². The van der Waals surface area contributed by atoms with Gasteiger partial charge in [-0.3, -0.25) is 4.90 Å². The lowest BCUT2D eigenvalue weighted by molar-refractivity contribution is 0.0258. The molecule has 5 heterocycles. The lowest BCUT2D eigenvalue weighted by Crippen LogP contribution is -2.39. The summed E-state index contributed by atoms with van der Waals surface area (Å²) < 4.78 is 19.6. The summed E-state index contributed by atoms with van der Waals surface area (Å²) in [6.45, 7) is 3.29. The van der Waals surface area contributed by atoms with E-state index in [1.807, 2.05) is 47.0 Å². The topological polar surface area (TPSA) is 84.7 Å². The monoisotopic (exact) mass is 418 g/mol. The zero-order valence-electron chi connectivity index (χ0n) is 16.8. The molecule has 2 aliphatic heterocycles. The highest BCUT2D eigenvalue weighted by Gasteiger charge is 2.38. The Labute approximate surface area is 177 Å². The van der Waals surface area contributed by atoms with E-state index >= 15 is 0 Å². The van der Waals surface area contributed by atoms with Crippen LogP contribution in [0.5, 0.6) is 5.75 Å². The van der Waals surface area contributed by atoms with Crippen LogP contribution in [0, 0.1) is 0 Å². The summed E-state index contributed by atoms with van der Waals surface area (Å²) in [5.41, 5.74) is 2.27. The molecule has 6 rings (SSSR count). The van der Waals surface area contributed by atoms with Crippen LogP contribution < -0.4 is 10.1 Å². The minimum absolute atomic E-state index is 0.392. The highest BCUT2D eigenvalue weighted by Crippen LogP contribution is 2.28. The molecule has 8 nitrogen and oxygen atoms in total. The Hall–Kier alpha value is -3.36. The summed E-state index contributed by atoms with van der Waals surface area (Å²) in [5.74, 6) is 1.25. The number of likely N-dealkylation sites (tertiary alicyclic amines) is 1. The standard InChI is InChI=1S/C23H22N4O4/c28-25-20-11-23(21-9-15-2-1-5-27(15)14-24-21)31-22-4-3-17(10-19(20)22)29-7-6-26-12-18-8-16(26)13-30-18/h1-5,9-11,14,16,18,28H,6-8,12-13H2. The summed E-state index contributed by atoms with van der Waals surface area (Å²) >= 11 is 0. The molecular formula is C23H22N4O4. The number of morpholine rings is 1. The van der Waals surface area contributed by atoms with Crippen molar-refractivity contribution in [2.75, 3.05) is 26.3 Å². The summed E-state index contributed by atoms with van der Waals surface area (Å²) in [7, 11) is 0. The first-order valence-corrected chi connectivity index (χ1v) is 10.4. The lowest BCUT2D eigenvalue weighted by Gasteiger charge is -2.26. The Morgan fingerprint density at radius 3 is 3.03 bits per heavy atom. The third-order valence-corrected chi connectivity index (χ3v) is 6.15. The zero-order valence-corrected chi connectivity index (χ0v) is 16.8. The van der Waals surface area contributed by atoms with E-state index in [1.54, 1.807) is 12.4 Å². The van der Waals surface area contributed by atoms with Gasteiger partial charge in [0.1, 0.15) is 29.0 Å². The third kappa shape index (κ3) is 3.34. The molecule has 8 heteroatoms. The molecule has 2 saturated heterocycles. The van der Waals surface area contributed by atoms with Gasteiger partial charge in [-0.05, 0) is 42.8 Å². The molecule has 0 aliphatic carbocycles. The van der Waals surface area contributed by atoms with Crippen LogP contribution >= 0.6 is 0 Å². The molecule has 2 bridgehead atoms. The van der Waals surface area contributed by atoms with Gasteiger partial charge in [-0.1, -0.05) is 5.16 Å². The van der Waals surface area contributed by atoms with Gasteiger partial charge in [-0.25, -0.2) is 4.98 Å². The third-order valence-electron chi connectivity index (χ3n) is 6.15. The predicted octanol–water partition coefficient (Wildman–Crippen LogP) is 2.89. The minimum Gasteiger partial charge on any atom is -0.492 e. The van der Waals surface area contributed by atoms with Crippen LogP contribution in [0.1, 0.15) is 6.42 Å². The number of fused-ring (bicyclic) bond motifs is 4. The average molecular weight is 418 g/mol. The smallest absolute Gasteiger partial charge is 0.155 e. The first-order valence-electron chi connectivity index (χ1n) is 10.4. The summed E-state index contributed by atoms with van der Waals surface area (Å²) in [5, 5.41) is 14.2. The van der Waals surface area contributed by atoms with Crippen molar-refractivity contribution in [1.82, 2.24) is 14.3 Å². The van der Waals surface area contributed by atoms with Crippen LogP contribution in [0.15, 0.2) is 64.6 Å². The van der Waals surface area contributed by atoms with Crippen molar-refractivity contribution in [3.8, 4) is 17.2 Å². The Morgan fingerprint density at radius 2 is 2.19 bits per heavy atom. The van der Waals surface area contributed by atoms with E-state index in [2.05, 4.69) is 15.0 Å². The van der Waals surface area contributed by atoms with Gasteiger partial charge in [0.2, 0.25) is 0 Å². The molecule has 0 spiro atoms. The second kappa shape index (κ2) is 7.40. The van der Waals surface area contributed by atoms with E-state index in [0.717, 1.165) is 31.6 Å². The van der Waals surface area contributed by atoms with E-state index in [0.29, 0.717) is 52.3 Å². The molecule has 4 aromatic rings. The largest absolute Gasteiger partial charge is 0.492 e. The zero-order chi connectivity index (χ0) is 20.8. The SMILES string of the molecule is ON=c1cc(-c2cc3cccn3cn2)oc2ccc(OCCN3CC4CC3CO4)cc12. The minimum atomic E-state index is 0.392. The molecule has 3 aromatic heterocycles. The normalized spacial score (nSPS) is 21.5. The predicted molar refractivity (Wildman–Crippen MR) is 113 cm³/mol. The van der Waals surface area contributed by atoms with Crippen LogP contribution in [0.3, 0.4) is 0 Å². The maximum Gasteiger partial charge on any atom is 0.155 e. The number of benzene rings is 1. The first kappa shape index (κ1) is 18.4. The molecule has 1 aromatic carbocycles. The number of hydrogen-bond donors (Lipinski definition) is 1. The average Bonchev–Trinajstić information content (AvgIpc) is 3.55. The van der Waals surface area contributed by atoms with Crippen molar-refractivity contribution in [2.45, 2.75) is 18.6 Å². The van der Waals surface area contributed by atoms with Gasteiger partial charge in [0, 0.05) is 36.9 Å². The molecular weight excluding hydrogens is 396 g/mol. The lowest BCUT2D eigenvalue weighted by atomic mass is 10.2. The van der Waals surface area contributed by atoms with Crippen molar-refractivity contribution < 1.29 is 19.1 Å². The van der Waals surface area contributed by atoms with Crippen LogP contribution in [0.2, 0.25) is 0 Å². The fourth-order valence-electron chi connectivity index (χ4n) is 4.55. The molecule has 0 radical (unpaired) electrons. The summed E-state index contributed by atoms with van der Waals surface area (Å²) in [6.07, 6.45) is 5.19.